The van der Waals surface area contributed by atoms with Crippen LogP contribution in [0.15, 0.2) is 65.2 Å². The Balaban J connectivity index is 1.36. The highest BCUT2D eigenvalue weighted by Gasteiger charge is 2.27. The topological polar surface area (TPSA) is 59.2 Å². The molecular formula is C23H23N3O2. The van der Waals surface area contributed by atoms with Crippen molar-refractivity contribution in [1.29, 1.82) is 0 Å². The fourth-order valence-corrected chi connectivity index (χ4v) is 3.52. The van der Waals surface area contributed by atoms with Crippen molar-refractivity contribution < 1.29 is 9.32 Å². The number of carbonyl (C=O) groups excluding carboxylic acids is 1. The van der Waals surface area contributed by atoms with Gasteiger partial charge in [-0.3, -0.25) is 4.79 Å². The lowest BCUT2D eigenvalue weighted by molar-refractivity contribution is -0.127. The van der Waals surface area contributed by atoms with E-state index in [0.29, 0.717) is 24.8 Å². The quantitative estimate of drug-likeness (QED) is 0.633. The first-order valence-electron chi connectivity index (χ1n) is 9.62. The molecule has 1 saturated heterocycles. The summed E-state index contributed by atoms with van der Waals surface area (Å²) in [5.74, 6) is 1.56. The Morgan fingerprint density at radius 3 is 2.54 bits per heavy atom. The standard InChI is InChI=1S/C23H23N3O2/c1-17-7-5-6-10-20(17)22-24-23(28-25-22)19-13-15-26(16-14-19)21(27)12-11-18-8-3-2-4-9-18/h2-12,19H,13-16H2,1H3/b12-11+. The van der Waals surface area contributed by atoms with Gasteiger partial charge in [0.25, 0.3) is 0 Å². The predicted molar refractivity (Wildman–Crippen MR) is 109 cm³/mol. The number of hydrogen-bond donors (Lipinski definition) is 0. The summed E-state index contributed by atoms with van der Waals surface area (Å²) in [6, 6.07) is 17.9. The number of hydrogen-bond acceptors (Lipinski definition) is 4. The summed E-state index contributed by atoms with van der Waals surface area (Å²) in [4.78, 5) is 18.9. The second-order valence-corrected chi connectivity index (χ2v) is 7.11. The number of amides is 1. The van der Waals surface area contributed by atoms with Gasteiger partial charge in [0, 0.05) is 30.6 Å². The van der Waals surface area contributed by atoms with E-state index in [1.54, 1.807) is 6.08 Å². The molecule has 0 unspecified atom stereocenters. The van der Waals surface area contributed by atoms with Crippen LogP contribution in [-0.2, 0) is 4.79 Å². The lowest BCUT2D eigenvalue weighted by Crippen LogP contribution is -2.36. The van der Waals surface area contributed by atoms with Crippen LogP contribution in [0.25, 0.3) is 17.5 Å². The van der Waals surface area contributed by atoms with Crippen molar-refractivity contribution in [1.82, 2.24) is 15.0 Å². The molecule has 0 N–H and O–H groups in total. The van der Waals surface area contributed by atoms with Gasteiger partial charge in [0.1, 0.15) is 0 Å². The van der Waals surface area contributed by atoms with Crippen LogP contribution in [0.4, 0.5) is 0 Å². The van der Waals surface area contributed by atoms with Crippen molar-refractivity contribution in [3.63, 3.8) is 0 Å². The first-order chi connectivity index (χ1) is 13.7. The predicted octanol–water partition coefficient (Wildman–Crippen LogP) is 4.46. The molecule has 1 aliphatic rings. The Morgan fingerprint density at radius 2 is 1.79 bits per heavy atom. The molecular weight excluding hydrogens is 350 g/mol. The van der Waals surface area contributed by atoms with E-state index < -0.39 is 0 Å². The largest absolute Gasteiger partial charge is 0.339 e. The molecule has 0 radical (unpaired) electrons. The van der Waals surface area contributed by atoms with E-state index in [9.17, 15) is 4.79 Å². The van der Waals surface area contributed by atoms with Crippen molar-refractivity contribution in [3.05, 3.63) is 77.7 Å². The number of likely N-dealkylation sites (tertiary alicyclic amines) is 1. The minimum Gasteiger partial charge on any atom is -0.339 e. The molecule has 0 bridgehead atoms. The van der Waals surface area contributed by atoms with Gasteiger partial charge in [0.2, 0.25) is 17.6 Å². The zero-order valence-corrected chi connectivity index (χ0v) is 15.9. The average molecular weight is 373 g/mol. The summed E-state index contributed by atoms with van der Waals surface area (Å²) in [7, 11) is 0. The van der Waals surface area contributed by atoms with Gasteiger partial charge >= 0.3 is 0 Å². The van der Waals surface area contributed by atoms with Crippen molar-refractivity contribution >= 4 is 12.0 Å². The second-order valence-electron chi connectivity index (χ2n) is 7.11. The summed E-state index contributed by atoms with van der Waals surface area (Å²) in [5.41, 5.74) is 3.15. The highest BCUT2D eigenvalue weighted by molar-refractivity contribution is 5.91. The first-order valence-corrected chi connectivity index (χ1v) is 9.62. The normalized spacial score (nSPS) is 15.2. The third-order valence-corrected chi connectivity index (χ3v) is 5.20. The van der Waals surface area contributed by atoms with Crippen molar-refractivity contribution in [2.75, 3.05) is 13.1 Å². The number of rotatable bonds is 4. The molecule has 0 saturated carbocycles. The fourth-order valence-electron chi connectivity index (χ4n) is 3.52. The van der Waals surface area contributed by atoms with Crippen LogP contribution in [0.3, 0.4) is 0 Å². The second kappa shape index (κ2) is 8.21. The molecule has 1 amide bonds. The summed E-state index contributed by atoms with van der Waals surface area (Å²) < 4.78 is 5.54. The van der Waals surface area contributed by atoms with Gasteiger partial charge in [-0.05, 0) is 37.0 Å². The average Bonchev–Trinajstić information content (AvgIpc) is 3.23. The maximum Gasteiger partial charge on any atom is 0.246 e. The third-order valence-electron chi connectivity index (χ3n) is 5.20. The molecule has 2 heterocycles. The van der Waals surface area contributed by atoms with Gasteiger partial charge < -0.3 is 9.42 Å². The Bertz CT molecular complexity index is 970. The highest BCUT2D eigenvalue weighted by atomic mass is 16.5. The van der Waals surface area contributed by atoms with Crippen molar-refractivity contribution in [2.45, 2.75) is 25.7 Å². The number of nitrogens with zero attached hydrogens (tertiary/aromatic N) is 3. The molecule has 1 fully saturated rings. The van der Waals surface area contributed by atoms with Gasteiger partial charge in [0.05, 0.1) is 0 Å². The molecule has 1 aliphatic heterocycles. The lowest BCUT2D eigenvalue weighted by Gasteiger charge is -2.29. The fraction of sp³-hybridized carbons (Fsp3) is 0.261. The van der Waals surface area contributed by atoms with Crippen LogP contribution in [0, 0.1) is 6.92 Å². The molecule has 142 valence electrons. The Morgan fingerprint density at radius 1 is 1.07 bits per heavy atom. The number of piperidine rings is 1. The van der Waals surface area contributed by atoms with E-state index in [4.69, 9.17) is 4.52 Å². The zero-order chi connectivity index (χ0) is 19.3. The SMILES string of the molecule is Cc1ccccc1-c1noc(C2CCN(C(=O)/C=C/c3ccccc3)CC2)n1. The smallest absolute Gasteiger partial charge is 0.246 e. The number of aryl methyl sites for hydroxylation is 1. The van der Waals surface area contributed by atoms with Gasteiger partial charge in [-0.2, -0.15) is 4.98 Å². The third kappa shape index (κ3) is 4.03. The molecule has 3 aromatic rings. The minimum atomic E-state index is 0.0495. The maximum atomic E-state index is 12.4. The molecule has 5 nitrogen and oxygen atoms in total. The van der Waals surface area contributed by atoms with E-state index in [0.717, 1.165) is 29.5 Å². The Hall–Kier alpha value is -3.21. The minimum absolute atomic E-state index is 0.0495. The molecule has 2 aromatic carbocycles. The molecule has 1 aromatic heterocycles. The van der Waals surface area contributed by atoms with Gasteiger partial charge in [-0.1, -0.05) is 59.8 Å². The van der Waals surface area contributed by atoms with Gasteiger partial charge in [-0.15, -0.1) is 0 Å². The monoisotopic (exact) mass is 373 g/mol. The van der Waals surface area contributed by atoms with Gasteiger partial charge in [0.15, 0.2) is 0 Å². The van der Waals surface area contributed by atoms with Crippen LogP contribution in [0.1, 0.15) is 35.8 Å². The number of aromatic nitrogens is 2. The lowest BCUT2D eigenvalue weighted by atomic mass is 9.96. The van der Waals surface area contributed by atoms with Crippen LogP contribution in [0.2, 0.25) is 0 Å². The molecule has 28 heavy (non-hydrogen) atoms. The first kappa shape index (κ1) is 18.2. The summed E-state index contributed by atoms with van der Waals surface area (Å²) in [6.45, 7) is 3.44. The molecule has 0 aliphatic carbocycles. The van der Waals surface area contributed by atoms with E-state index in [1.165, 1.54) is 0 Å². The van der Waals surface area contributed by atoms with E-state index in [2.05, 4.69) is 10.1 Å². The maximum absolute atomic E-state index is 12.4. The van der Waals surface area contributed by atoms with E-state index in [1.807, 2.05) is 72.5 Å². The number of benzene rings is 2. The van der Waals surface area contributed by atoms with E-state index >= 15 is 0 Å². The van der Waals surface area contributed by atoms with Crippen LogP contribution in [-0.4, -0.2) is 34.0 Å². The molecule has 0 atom stereocenters. The summed E-state index contributed by atoms with van der Waals surface area (Å²) in [6.07, 6.45) is 5.18. The van der Waals surface area contributed by atoms with Crippen molar-refractivity contribution in [2.24, 2.45) is 0 Å². The summed E-state index contributed by atoms with van der Waals surface area (Å²) >= 11 is 0. The Labute approximate surface area is 164 Å². The van der Waals surface area contributed by atoms with Gasteiger partial charge in [-0.25, -0.2) is 0 Å². The Kier molecular flexibility index (Phi) is 5.33. The highest BCUT2D eigenvalue weighted by Crippen LogP contribution is 2.29. The molecule has 5 heteroatoms. The van der Waals surface area contributed by atoms with Crippen LogP contribution >= 0.6 is 0 Å². The van der Waals surface area contributed by atoms with Crippen LogP contribution < -0.4 is 0 Å². The van der Waals surface area contributed by atoms with Crippen LogP contribution in [0.5, 0.6) is 0 Å². The van der Waals surface area contributed by atoms with Crippen molar-refractivity contribution in [3.8, 4) is 11.4 Å². The van der Waals surface area contributed by atoms with E-state index in [-0.39, 0.29) is 11.8 Å². The molecule has 0 spiro atoms. The molecule has 4 rings (SSSR count). The summed E-state index contributed by atoms with van der Waals surface area (Å²) in [5, 5.41) is 4.16. The number of carbonyl (C=O) groups is 1. The zero-order valence-electron chi connectivity index (χ0n) is 15.9.